The lowest BCUT2D eigenvalue weighted by atomic mass is 9.52. The van der Waals surface area contributed by atoms with Crippen LogP contribution in [-0.4, -0.2) is 102 Å². The summed E-state index contributed by atoms with van der Waals surface area (Å²) in [6.45, 7) is 0.511. The molecule has 0 spiro atoms. The van der Waals surface area contributed by atoms with Gasteiger partial charge in [0.05, 0.1) is 17.5 Å². The number of phenolic OH excluding ortho intramolecular Hbond substituents is 1. The van der Waals surface area contributed by atoms with E-state index in [-0.39, 0.29) is 30.2 Å². The number of fused-ring (bicyclic) bond motifs is 4. The summed E-state index contributed by atoms with van der Waals surface area (Å²) in [7, 11) is 8.93. The summed E-state index contributed by atoms with van der Waals surface area (Å²) in [6, 6.07) is 9.10. The summed E-state index contributed by atoms with van der Waals surface area (Å²) in [6.07, 6.45) is 2.06. The average Bonchev–Trinajstić information content (AvgIpc) is 3.39. The first kappa shape index (κ1) is 31.1. The summed E-state index contributed by atoms with van der Waals surface area (Å²) in [4.78, 5) is 73.0. The average molecular weight is 617 g/mol. The van der Waals surface area contributed by atoms with Crippen LogP contribution in [0.15, 0.2) is 30.3 Å². The minimum Gasteiger partial charge on any atom is -0.507 e. The fourth-order valence-corrected chi connectivity index (χ4v) is 8.65. The number of amides is 1. The van der Waals surface area contributed by atoms with Gasteiger partial charge in [0.15, 0.2) is 34.7 Å². The lowest BCUT2D eigenvalue weighted by Crippen LogP contribution is -2.74. The van der Waals surface area contributed by atoms with Crippen molar-refractivity contribution < 1.29 is 34.2 Å². The van der Waals surface area contributed by atoms with E-state index in [0.29, 0.717) is 12.1 Å². The molecule has 45 heavy (non-hydrogen) atoms. The maximum atomic E-state index is 14.1. The van der Waals surface area contributed by atoms with Crippen LogP contribution in [-0.2, 0) is 45.0 Å². The zero-order valence-corrected chi connectivity index (χ0v) is 26.2. The molecule has 4 N–H and O–H groups in total. The van der Waals surface area contributed by atoms with Gasteiger partial charge >= 0.3 is 0 Å². The fraction of sp³-hybridized carbons (Fsp3) is 0.500. The number of Topliss-reactive ketones (excluding diaryl/α,β-unsaturated/α-hetero) is 4. The molecule has 2 aromatic rings. The maximum absolute atomic E-state index is 14.1. The molecule has 2 fully saturated rings. The number of hydrogen-bond acceptors (Lipinski definition) is 10. The molecule has 6 rings (SSSR count). The Kier molecular flexibility index (Phi) is 7.49. The first-order chi connectivity index (χ1) is 21.2. The normalized spacial score (nSPS) is 29.5. The number of anilines is 1. The van der Waals surface area contributed by atoms with E-state index in [1.54, 1.807) is 20.2 Å². The number of carbonyl (C=O) groups is 5. The molecule has 11 heteroatoms. The molecule has 0 aromatic heterocycles. The maximum Gasteiger partial charge on any atom is 0.235 e. The van der Waals surface area contributed by atoms with Gasteiger partial charge in [0.2, 0.25) is 5.91 Å². The van der Waals surface area contributed by atoms with Crippen LogP contribution in [0.1, 0.15) is 39.0 Å². The third-order valence-corrected chi connectivity index (χ3v) is 10.6. The number of rotatable bonds is 6. The van der Waals surface area contributed by atoms with E-state index in [1.165, 1.54) is 16.0 Å². The van der Waals surface area contributed by atoms with E-state index in [2.05, 4.69) is 17.0 Å². The monoisotopic (exact) mass is 616 g/mol. The molecular formula is C34H40N4O7. The van der Waals surface area contributed by atoms with Gasteiger partial charge in [0.1, 0.15) is 5.75 Å². The van der Waals surface area contributed by atoms with E-state index in [1.807, 2.05) is 38.2 Å². The number of nitrogens with zero attached hydrogens (tertiary/aromatic N) is 3. The molecule has 0 saturated heterocycles. The van der Waals surface area contributed by atoms with Gasteiger partial charge in [0, 0.05) is 38.3 Å². The smallest absolute Gasteiger partial charge is 0.235 e. The Morgan fingerprint density at radius 3 is 2.16 bits per heavy atom. The van der Waals surface area contributed by atoms with Crippen molar-refractivity contribution in [2.24, 2.45) is 29.4 Å². The number of benzene rings is 2. The standard InChI is InChI=1S/C34H40N4O7/c1-36(2)27-19(15-38(5)20-10-16-8-6-7-9-17(16)11-20)14-23(39)25-21(27)12-18-13-22-28(37(3)4)30(41)26(33(35)44)32(43)34(22,45)31(42)24(18)29(25)40/h6-9,14,18,20,22,24,26,28,39,45H,10-13,15H2,1-5H3,(H2,35,44)/t18-,22-,24?,26?,28-,34-/m0/s1. The molecule has 4 aliphatic carbocycles. The minimum absolute atomic E-state index is 0.00460. The Hall–Kier alpha value is -3.93. The van der Waals surface area contributed by atoms with Crippen molar-refractivity contribution in [1.29, 1.82) is 0 Å². The molecule has 11 nitrogen and oxygen atoms in total. The number of aliphatic hydroxyl groups is 1. The first-order valence-electron chi connectivity index (χ1n) is 15.3. The van der Waals surface area contributed by atoms with Gasteiger partial charge in [-0.1, -0.05) is 24.3 Å². The quantitative estimate of drug-likeness (QED) is 0.391. The number of carbonyl (C=O) groups excluding carboxylic acids is 5. The highest BCUT2D eigenvalue weighted by atomic mass is 16.3. The lowest BCUT2D eigenvalue weighted by molar-refractivity contribution is -0.181. The van der Waals surface area contributed by atoms with E-state index in [0.717, 1.165) is 24.1 Å². The summed E-state index contributed by atoms with van der Waals surface area (Å²) in [5, 5.41) is 23.1. The molecule has 0 heterocycles. The SMILES string of the molecule is CN(C)c1c(CN(C)C2Cc3ccccc3C2)cc(O)c2c1C[C@H]1C[C@H]3[C@H](N(C)C)C(=O)C(C(N)=O)C(=O)[C@@]3(O)C(=O)C1C2=O. The summed E-state index contributed by atoms with van der Waals surface area (Å²) < 4.78 is 0. The number of likely N-dealkylation sites (N-methyl/N-ethyl adjacent to an activating group) is 2. The molecular weight excluding hydrogens is 576 g/mol. The van der Waals surface area contributed by atoms with Crippen LogP contribution in [0.4, 0.5) is 5.69 Å². The van der Waals surface area contributed by atoms with Crippen LogP contribution in [0.5, 0.6) is 5.75 Å². The molecule has 0 aliphatic heterocycles. The lowest BCUT2D eigenvalue weighted by Gasteiger charge is -2.52. The molecule has 2 aromatic carbocycles. The van der Waals surface area contributed by atoms with Crippen LogP contribution < -0.4 is 10.6 Å². The fourth-order valence-electron chi connectivity index (χ4n) is 8.65. The molecule has 238 valence electrons. The molecule has 2 unspecified atom stereocenters. The molecule has 0 radical (unpaired) electrons. The van der Waals surface area contributed by atoms with E-state index >= 15 is 0 Å². The minimum atomic E-state index is -2.74. The number of primary amides is 1. The summed E-state index contributed by atoms with van der Waals surface area (Å²) in [5.41, 5.74) is 7.54. The van der Waals surface area contributed by atoms with Crippen molar-refractivity contribution in [3.63, 3.8) is 0 Å². The Morgan fingerprint density at radius 2 is 1.60 bits per heavy atom. The Bertz CT molecular complexity index is 1630. The Morgan fingerprint density at radius 1 is 0.978 bits per heavy atom. The number of phenols is 1. The van der Waals surface area contributed by atoms with Crippen molar-refractivity contribution in [3.05, 3.63) is 58.1 Å². The summed E-state index contributed by atoms with van der Waals surface area (Å²) in [5.74, 6) is -10.5. The van der Waals surface area contributed by atoms with E-state index in [9.17, 15) is 34.2 Å². The third-order valence-electron chi connectivity index (χ3n) is 10.6. The van der Waals surface area contributed by atoms with Crippen LogP contribution in [0.2, 0.25) is 0 Å². The summed E-state index contributed by atoms with van der Waals surface area (Å²) >= 11 is 0. The number of hydrogen-bond donors (Lipinski definition) is 3. The van der Waals surface area contributed by atoms with Crippen molar-refractivity contribution >= 4 is 34.7 Å². The topological polar surface area (TPSA) is 162 Å². The zero-order chi connectivity index (χ0) is 32.7. The predicted octanol–water partition coefficient (Wildman–Crippen LogP) is 0.532. The van der Waals surface area contributed by atoms with Crippen molar-refractivity contribution in [1.82, 2.24) is 9.80 Å². The van der Waals surface area contributed by atoms with Gasteiger partial charge < -0.3 is 20.8 Å². The Balaban J connectivity index is 1.39. The van der Waals surface area contributed by atoms with E-state index in [4.69, 9.17) is 5.73 Å². The second-order valence-corrected chi connectivity index (χ2v) is 13.7. The number of nitrogens with two attached hydrogens (primary N) is 1. The second-order valence-electron chi connectivity index (χ2n) is 13.7. The van der Waals surface area contributed by atoms with Gasteiger partial charge in [-0.25, -0.2) is 0 Å². The van der Waals surface area contributed by atoms with Crippen molar-refractivity contribution in [2.45, 2.75) is 49.9 Å². The van der Waals surface area contributed by atoms with Crippen LogP contribution in [0.3, 0.4) is 0 Å². The van der Waals surface area contributed by atoms with Gasteiger partial charge in [0.25, 0.3) is 0 Å². The van der Waals surface area contributed by atoms with Crippen molar-refractivity contribution in [3.8, 4) is 5.75 Å². The van der Waals surface area contributed by atoms with Crippen LogP contribution in [0, 0.1) is 23.7 Å². The predicted molar refractivity (Wildman–Crippen MR) is 165 cm³/mol. The van der Waals surface area contributed by atoms with Crippen molar-refractivity contribution in [2.75, 3.05) is 40.1 Å². The van der Waals surface area contributed by atoms with Crippen LogP contribution >= 0.6 is 0 Å². The number of ketones is 4. The molecule has 0 bridgehead atoms. The van der Waals surface area contributed by atoms with Gasteiger partial charge in [-0.05, 0) is 81.1 Å². The first-order valence-corrected chi connectivity index (χ1v) is 15.3. The Labute approximate surface area is 262 Å². The third kappa shape index (κ3) is 4.54. The van der Waals surface area contributed by atoms with Gasteiger partial charge in [-0.2, -0.15) is 0 Å². The second kappa shape index (κ2) is 10.9. The molecule has 1 amide bonds. The molecule has 2 saturated carbocycles. The molecule has 6 atom stereocenters. The van der Waals surface area contributed by atoms with Crippen LogP contribution in [0.25, 0.3) is 0 Å². The highest BCUT2D eigenvalue weighted by Crippen LogP contribution is 2.52. The highest BCUT2D eigenvalue weighted by molar-refractivity contribution is 6.32. The molecule has 4 aliphatic rings. The van der Waals surface area contributed by atoms with Gasteiger partial charge in [-0.3, -0.25) is 33.8 Å². The number of aromatic hydroxyl groups is 1. The van der Waals surface area contributed by atoms with Gasteiger partial charge in [-0.15, -0.1) is 0 Å². The largest absolute Gasteiger partial charge is 0.507 e. The zero-order valence-electron chi connectivity index (χ0n) is 26.2. The highest BCUT2D eigenvalue weighted by Gasteiger charge is 2.69. The van der Waals surface area contributed by atoms with E-state index < -0.39 is 64.4 Å².